The molecule has 2 aliphatic rings. The zero-order valence-electron chi connectivity index (χ0n) is 12.1. The topological polar surface area (TPSA) is 95.5 Å². The van der Waals surface area contributed by atoms with Gasteiger partial charge in [-0.05, 0) is 0 Å². The average molecular weight is 293 g/mol. The molecule has 114 valence electrons. The number of hydrogen-bond acceptors (Lipinski definition) is 4. The van der Waals surface area contributed by atoms with Crippen LogP contribution in [0.1, 0.15) is 36.1 Å². The number of hydrogen-bond donors (Lipinski definition) is 2. The van der Waals surface area contributed by atoms with Crippen LogP contribution in [0.5, 0.6) is 0 Å². The summed E-state index contributed by atoms with van der Waals surface area (Å²) in [6.07, 6.45) is 1.52. The fraction of sp³-hybridized carbons (Fsp3) is 0.643. The second-order valence-corrected chi connectivity index (χ2v) is 6.20. The van der Waals surface area contributed by atoms with Crippen LogP contribution < -0.4 is 0 Å². The van der Waals surface area contributed by atoms with Gasteiger partial charge in [0.05, 0.1) is 19.4 Å². The highest BCUT2D eigenvalue weighted by molar-refractivity contribution is 5.93. The van der Waals surface area contributed by atoms with Crippen LogP contribution in [-0.2, 0) is 9.53 Å². The van der Waals surface area contributed by atoms with Crippen molar-refractivity contribution >= 4 is 11.9 Å². The van der Waals surface area contributed by atoms with Crippen molar-refractivity contribution in [3.05, 3.63) is 17.7 Å². The van der Waals surface area contributed by atoms with Crippen molar-refractivity contribution in [1.82, 2.24) is 14.9 Å². The first kappa shape index (κ1) is 14.1. The lowest BCUT2D eigenvalue weighted by Gasteiger charge is -2.21. The number of nitrogens with zero attached hydrogens (tertiary/aromatic N) is 2. The van der Waals surface area contributed by atoms with Crippen molar-refractivity contribution in [2.45, 2.75) is 19.8 Å². The number of nitrogens with one attached hydrogen (secondary N) is 1. The molecule has 1 aromatic rings. The molecule has 2 N–H and O–H groups in total. The Balaban J connectivity index is 1.79. The second kappa shape index (κ2) is 4.84. The maximum Gasteiger partial charge on any atom is 0.314 e. The van der Waals surface area contributed by atoms with E-state index in [1.807, 2.05) is 13.8 Å². The monoisotopic (exact) mass is 293 g/mol. The van der Waals surface area contributed by atoms with E-state index in [2.05, 4.69) is 9.97 Å². The molecule has 0 saturated carbocycles. The first-order valence-corrected chi connectivity index (χ1v) is 7.09. The molecule has 21 heavy (non-hydrogen) atoms. The first-order chi connectivity index (χ1) is 9.94. The Bertz CT molecular complexity index is 583. The minimum Gasteiger partial charge on any atom is -0.481 e. The van der Waals surface area contributed by atoms with Crippen molar-refractivity contribution in [2.24, 2.45) is 11.3 Å². The van der Waals surface area contributed by atoms with Crippen molar-refractivity contribution in [1.29, 1.82) is 0 Å². The summed E-state index contributed by atoms with van der Waals surface area (Å²) < 4.78 is 5.31. The Hall–Kier alpha value is -1.89. The number of rotatable bonds is 3. The summed E-state index contributed by atoms with van der Waals surface area (Å²) in [6.45, 7) is 5.17. The van der Waals surface area contributed by atoms with Crippen molar-refractivity contribution in [3.63, 3.8) is 0 Å². The van der Waals surface area contributed by atoms with Crippen LogP contribution >= 0.6 is 0 Å². The van der Waals surface area contributed by atoms with E-state index in [-0.39, 0.29) is 30.9 Å². The van der Waals surface area contributed by atoms with E-state index >= 15 is 0 Å². The highest BCUT2D eigenvalue weighted by Crippen LogP contribution is 2.41. The Morgan fingerprint density at radius 3 is 2.90 bits per heavy atom. The quantitative estimate of drug-likeness (QED) is 0.855. The number of carbonyl (C=O) groups is 2. The molecule has 0 spiro atoms. The highest BCUT2D eigenvalue weighted by atomic mass is 16.5. The van der Waals surface area contributed by atoms with Gasteiger partial charge < -0.3 is 19.7 Å². The summed E-state index contributed by atoms with van der Waals surface area (Å²) in [5.41, 5.74) is -0.531. The Morgan fingerprint density at radius 1 is 1.57 bits per heavy atom. The van der Waals surface area contributed by atoms with E-state index in [1.54, 1.807) is 4.90 Å². The molecule has 1 aromatic heterocycles. The number of aromatic amines is 1. The van der Waals surface area contributed by atoms with E-state index in [4.69, 9.17) is 4.74 Å². The van der Waals surface area contributed by atoms with E-state index in [1.165, 1.54) is 6.20 Å². The zero-order chi connectivity index (χ0) is 15.2. The number of aliphatic carboxylic acids is 1. The molecule has 0 unspecified atom stereocenters. The molecule has 0 aromatic carbocycles. The summed E-state index contributed by atoms with van der Waals surface area (Å²) in [5.74, 6) is -0.235. The van der Waals surface area contributed by atoms with Gasteiger partial charge in [-0.1, -0.05) is 13.8 Å². The van der Waals surface area contributed by atoms with Gasteiger partial charge in [-0.3, -0.25) is 9.59 Å². The fourth-order valence-electron chi connectivity index (χ4n) is 3.10. The molecular formula is C14H19N3O4. The summed E-state index contributed by atoms with van der Waals surface area (Å²) in [7, 11) is 0. The Morgan fingerprint density at radius 2 is 2.33 bits per heavy atom. The molecule has 0 radical (unpaired) electrons. The van der Waals surface area contributed by atoms with Gasteiger partial charge in [0.15, 0.2) is 0 Å². The fourth-order valence-corrected chi connectivity index (χ4v) is 3.10. The second-order valence-electron chi connectivity index (χ2n) is 6.20. The number of ether oxygens (including phenoxy) is 1. The number of imidazole rings is 1. The summed E-state index contributed by atoms with van der Waals surface area (Å²) in [5, 5.41) is 9.48. The van der Waals surface area contributed by atoms with Crippen LogP contribution in [0.3, 0.4) is 0 Å². The molecule has 3 rings (SSSR count). The number of aromatic nitrogens is 2. The predicted molar refractivity (Wildman–Crippen MR) is 73.0 cm³/mol. The number of carbonyl (C=O) groups excluding carboxylic acids is 1. The molecule has 7 nitrogen and oxygen atoms in total. The maximum absolute atomic E-state index is 12.5. The lowest BCUT2D eigenvalue weighted by atomic mass is 9.81. The molecule has 2 atom stereocenters. The number of carboxylic acids is 1. The lowest BCUT2D eigenvalue weighted by molar-refractivity contribution is -0.149. The van der Waals surface area contributed by atoms with Gasteiger partial charge in [-0.15, -0.1) is 0 Å². The van der Waals surface area contributed by atoms with Crippen LogP contribution in [0, 0.1) is 11.3 Å². The third kappa shape index (κ3) is 2.12. The lowest BCUT2D eigenvalue weighted by Crippen LogP contribution is -2.40. The number of H-pyrrole nitrogens is 1. The minimum atomic E-state index is -0.948. The van der Waals surface area contributed by atoms with Gasteiger partial charge in [0, 0.05) is 24.9 Å². The van der Waals surface area contributed by atoms with Gasteiger partial charge >= 0.3 is 5.97 Å². The normalized spacial score (nSPS) is 28.1. The van der Waals surface area contributed by atoms with Crippen LogP contribution in [-0.4, -0.2) is 58.2 Å². The van der Waals surface area contributed by atoms with E-state index < -0.39 is 11.4 Å². The van der Waals surface area contributed by atoms with E-state index in [0.717, 1.165) is 5.82 Å². The third-order valence-corrected chi connectivity index (χ3v) is 4.46. The van der Waals surface area contributed by atoms with Gasteiger partial charge in [0.25, 0.3) is 5.91 Å². The van der Waals surface area contributed by atoms with Gasteiger partial charge in [-0.2, -0.15) is 0 Å². The Labute approximate surface area is 122 Å². The molecular weight excluding hydrogens is 274 g/mol. The molecule has 2 aliphatic heterocycles. The summed E-state index contributed by atoms with van der Waals surface area (Å²) in [4.78, 5) is 32.9. The van der Waals surface area contributed by atoms with Crippen LogP contribution in [0.2, 0.25) is 0 Å². The average Bonchev–Trinajstić information content (AvgIpc) is 3.11. The SMILES string of the molecule is CC(C)c1ncc(C(=O)N2C[C@@H]3COC[C@]3(C(=O)O)C2)[nH]1. The maximum atomic E-state index is 12.5. The smallest absolute Gasteiger partial charge is 0.314 e. The van der Waals surface area contributed by atoms with Gasteiger partial charge in [-0.25, -0.2) is 4.98 Å². The van der Waals surface area contributed by atoms with E-state index in [9.17, 15) is 14.7 Å². The molecule has 0 bridgehead atoms. The molecule has 2 saturated heterocycles. The standard InChI is InChI=1S/C14H19N3O4/c1-8(2)11-15-3-10(16-11)12(18)17-4-9-5-21-7-14(9,6-17)13(19)20/h3,8-9H,4-7H2,1-2H3,(H,15,16)(H,19,20)/t9-,14-/m1/s1. The van der Waals surface area contributed by atoms with Crippen molar-refractivity contribution in [2.75, 3.05) is 26.3 Å². The van der Waals surface area contributed by atoms with Crippen molar-refractivity contribution in [3.8, 4) is 0 Å². The number of fused-ring (bicyclic) bond motifs is 1. The van der Waals surface area contributed by atoms with Crippen LogP contribution in [0.25, 0.3) is 0 Å². The number of amides is 1. The van der Waals surface area contributed by atoms with Gasteiger partial charge in [0.2, 0.25) is 0 Å². The van der Waals surface area contributed by atoms with E-state index in [0.29, 0.717) is 18.8 Å². The molecule has 7 heteroatoms. The molecule has 3 heterocycles. The van der Waals surface area contributed by atoms with Crippen LogP contribution in [0.4, 0.5) is 0 Å². The summed E-state index contributed by atoms with van der Waals surface area (Å²) in [6, 6.07) is 0. The molecule has 1 amide bonds. The third-order valence-electron chi connectivity index (χ3n) is 4.46. The van der Waals surface area contributed by atoms with Crippen molar-refractivity contribution < 1.29 is 19.4 Å². The molecule has 2 fully saturated rings. The van der Waals surface area contributed by atoms with Crippen LogP contribution in [0.15, 0.2) is 6.20 Å². The highest BCUT2D eigenvalue weighted by Gasteiger charge is 2.57. The largest absolute Gasteiger partial charge is 0.481 e. The number of carboxylic acid groups (broad SMARTS) is 1. The molecule has 0 aliphatic carbocycles. The van der Waals surface area contributed by atoms with Gasteiger partial charge in [0.1, 0.15) is 16.9 Å². The minimum absolute atomic E-state index is 0.133. The summed E-state index contributed by atoms with van der Waals surface area (Å²) >= 11 is 0. The first-order valence-electron chi connectivity index (χ1n) is 7.09. The predicted octanol–water partition coefficient (Wildman–Crippen LogP) is 0.706. The number of likely N-dealkylation sites (tertiary alicyclic amines) is 1. The zero-order valence-corrected chi connectivity index (χ0v) is 12.1. The Kier molecular flexibility index (Phi) is 3.24.